The molecule has 0 aliphatic carbocycles. The number of rotatable bonds is 4. The van der Waals surface area contributed by atoms with Crippen molar-refractivity contribution in [3.8, 4) is 5.75 Å². The predicted octanol–water partition coefficient (Wildman–Crippen LogP) is 5.03. The minimum atomic E-state index is -0.301. The molecule has 2 heterocycles. The second-order valence-electron chi connectivity index (χ2n) is 6.54. The van der Waals surface area contributed by atoms with Crippen LogP contribution in [0.4, 0.5) is 4.39 Å². The number of nitrogens with one attached hydrogen (secondary N) is 1. The van der Waals surface area contributed by atoms with Crippen molar-refractivity contribution in [2.45, 2.75) is 25.4 Å². The van der Waals surface area contributed by atoms with E-state index in [9.17, 15) is 4.39 Å². The minimum Gasteiger partial charge on any atom is -0.488 e. The number of hydrogen-bond donors (Lipinski definition) is 0. The summed E-state index contributed by atoms with van der Waals surface area (Å²) < 4.78 is 26.5. The Morgan fingerprint density at radius 2 is 1.88 bits per heavy atom. The van der Waals surface area contributed by atoms with Gasteiger partial charge in [0, 0.05) is 30.6 Å². The third-order valence-electron chi connectivity index (χ3n) is 4.82. The van der Waals surface area contributed by atoms with Crippen LogP contribution in [0.15, 0.2) is 53.1 Å². The summed E-state index contributed by atoms with van der Waals surface area (Å²) in [5.41, 5.74) is 2.15. The van der Waals surface area contributed by atoms with Gasteiger partial charge in [0.1, 0.15) is 18.2 Å². The number of halogens is 2. The quantitative estimate of drug-likeness (QED) is 0.597. The molecule has 0 bridgehead atoms. The lowest BCUT2D eigenvalue weighted by atomic mass is 9.94. The fourth-order valence-electron chi connectivity index (χ4n) is 3.42. The zero-order chi connectivity index (χ0) is 17.9. The molecule has 1 aliphatic rings. The van der Waals surface area contributed by atoms with Crippen LogP contribution in [0.1, 0.15) is 30.0 Å². The van der Waals surface area contributed by atoms with Crippen molar-refractivity contribution in [1.29, 1.82) is 0 Å². The van der Waals surface area contributed by atoms with E-state index in [1.807, 2.05) is 36.5 Å². The van der Waals surface area contributed by atoms with Crippen LogP contribution in [-0.4, -0.2) is 13.2 Å². The van der Waals surface area contributed by atoms with Crippen molar-refractivity contribution >= 4 is 26.7 Å². The maximum absolute atomic E-state index is 14.2. The minimum absolute atomic E-state index is 0.301. The number of hydrogen-bond acceptors (Lipinski definition) is 2. The molecule has 4 rings (SSSR count). The van der Waals surface area contributed by atoms with Crippen LogP contribution >= 0.6 is 15.9 Å². The highest BCUT2D eigenvalue weighted by Crippen LogP contribution is 2.37. The van der Waals surface area contributed by atoms with Crippen molar-refractivity contribution < 1.29 is 18.8 Å². The highest BCUT2D eigenvalue weighted by molar-refractivity contribution is 9.10. The van der Waals surface area contributed by atoms with Gasteiger partial charge in [-0.05, 0) is 40.4 Å². The molecular weight excluding hydrogens is 397 g/mol. The van der Waals surface area contributed by atoms with Crippen LogP contribution < -0.4 is 9.72 Å². The van der Waals surface area contributed by atoms with Crippen LogP contribution in [0.25, 0.3) is 10.8 Å². The van der Waals surface area contributed by atoms with E-state index < -0.39 is 0 Å². The van der Waals surface area contributed by atoms with E-state index in [4.69, 9.17) is 9.47 Å². The molecule has 3 nitrogen and oxygen atoms in total. The first-order valence-corrected chi connectivity index (χ1v) is 9.59. The van der Waals surface area contributed by atoms with Gasteiger partial charge in [-0.15, -0.1) is 0 Å². The number of aromatic nitrogens is 1. The van der Waals surface area contributed by atoms with Gasteiger partial charge in [-0.2, -0.15) is 0 Å². The average molecular weight is 417 g/mol. The summed E-state index contributed by atoms with van der Waals surface area (Å²) in [6.07, 6.45) is 3.85. The Balaban J connectivity index is 1.69. The first-order valence-electron chi connectivity index (χ1n) is 8.80. The molecule has 2 aromatic carbocycles. The Labute approximate surface area is 160 Å². The number of ether oxygens (including phenoxy) is 2. The summed E-state index contributed by atoms with van der Waals surface area (Å²) in [5.74, 6) is 0.629. The van der Waals surface area contributed by atoms with Gasteiger partial charge in [0.2, 0.25) is 0 Å². The van der Waals surface area contributed by atoms with E-state index in [0.717, 1.165) is 52.6 Å². The maximum Gasteiger partial charge on any atom is 0.197 e. The van der Waals surface area contributed by atoms with E-state index in [1.54, 1.807) is 6.07 Å². The monoisotopic (exact) mass is 416 g/mol. The fourth-order valence-corrected chi connectivity index (χ4v) is 4.19. The molecule has 0 atom stereocenters. The van der Waals surface area contributed by atoms with E-state index in [1.165, 1.54) is 6.07 Å². The topological polar surface area (TPSA) is 32.6 Å². The SMILES string of the molecule is Fc1cc(OCc2ccccc2)c2c[nH+]c(C3CCOCC3)c(Br)c2c1. The van der Waals surface area contributed by atoms with Gasteiger partial charge in [0.05, 0.1) is 9.86 Å². The average Bonchev–Trinajstić information content (AvgIpc) is 2.68. The van der Waals surface area contributed by atoms with Gasteiger partial charge in [-0.3, -0.25) is 0 Å². The van der Waals surface area contributed by atoms with Gasteiger partial charge < -0.3 is 9.47 Å². The zero-order valence-electron chi connectivity index (χ0n) is 14.3. The van der Waals surface area contributed by atoms with Crippen molar-refractivity contribution in [3.63, 3.8) is 0 Å². The van der Waals surface area contributed by atoms with Gasteiger partial charge in [0.25, 0.3) is 0 Å². The van der Waals surface area contributed by atoms with Crippen LogP contribution in [0.2, 0.25) is 0 Å². The fraction of sp³-hybridized carbons (Fsp3) is 0.286. The molecule has 0 amide bonds. The van der Waals surface area contributed by atoms with Crippen LogP contribution in [0.5, 0.6) is 5.75 Å². The van der Waals surface area contributed by atoms with E-state index in [-0.39, 0.29) is 5.82 Å². The Hall–Kier alpha value is -1.98. The first-order chi connectivity index (χ1) is 12.7. The summed E-state index contributed by atoms with van der Waals surface area (Å²) in [7, 11) is 0. The lowest BCUT2D eigenvalue weighted by molar-refractivity contribution is -0.393. The summed E-state index contributed by atoms with van der Waals surface area (Å²) >= 11 is 3.69. The van der Waals surface area contributed by atoms with Gasteiger partial charge in [-0.1, -0.05) is 30.3 Å². The van der Waals surface area contributed by atoms with Crippen molar-refractivity contribution in [2.75, 3.05) is 13.2 Å². The highest BCUT2D eigenvalue weighted by Gasteiger charge is 2.26. The van der Waals surface area contributed by atoms with Gasteiger partial charge in [-0.25, -0.2) is 9.37 Å². The van der Waals surface area contributed by atoms with Crippen LogP contribution in [0, 0.1) is 5.82 Å². The predicted molar refractivity (Wildman–Crippen MR) is 102 cm³/mol. The summed E-state index contributed by atoms with van der Waals surface area (Å²) in [6, 6.07) is 12.9. The van der Waals surface area contributed by atoms with Gasteiger partial charge in [0.15, 0.2) is 11.9 Å². The summed E-state index contributed by atoms with van der Waals surface area (Å²) in [6.45, 7) is 1.92. The van der Waals surface area contributed by atoms with Crippen molar-refractivity contribution in [3.05, 3.63) is 70.2 Å². The number of H-pyrrole nitrogens is 1. The molecule has 1 N–H and O–H groups in total. The van der Waals surface area contributed by atoms with Crippen molar-refractivity contribution in [1.82, 2.24) is 0 Å². The largest absolute Gasteiger partial charge is 0.488 e. The molecule has 1 aliphatic heterocycles. The molecule has 134 valence electrons. The molecule has 1 saturated heterocycles. The molecule has 26 heavy (non-hydrogen) atoms. The third kappa shape index (κ3) is 3.60. The Morgan fingerprint density at radius 1 is 1.12 bits per heavy atom. The molecule has 0 unspecified atom stereocenters. The number of aromatic amines is 1. The Morgan fingerprint density at radius 3 is 2.65 bits per heavy atom. The second kappa shape index (κ2) is 7.72. The lowest BCUT2D eigenvalue weighted by Gasteiger charge is -2.20. The van der Waals surface area contributed by atoms with Crippen molar-refractivity contribution in [2.24, 2.45) is 0 Å². The standard InChI is InChI=1S/C21H19BrFNO2/c22-20-17-10-16(23)11-19(26-13-14-4-2-1-3-5-14)18(17)12-24-21(20)15-6-8-25-9-7-15/h1-5,10-12,15H,6-9,13H2/p+1. The third-order valence-corrected chi connectivity index (χ3v) is 5.67. The molecule has 3 aromatic rings. The molecule has 0 spiro atoms. The molecule has 1 fully saturated rings. The zero-order valence-corrected chi connectivity index (χ0v) is 15.9. The van der Waals surface area contributed by atoms with E-state index in [2.05, 4.69) is 20.9 Å². The lowest BCUT2D eigenvalue weighted by Crippen LogP contribution is -2.22. The Bertz CT molecular complexity index is 911. The number of benzene rings is 2. The van der Waals surface area contributed by atoms with E-state index >= 15 is 0 Å². The second-order valence-corrected chi connectivity index (χ2v) is 7.34. The molecular formula is C21H20BrFNO2+. The number of pyridine rings is 1. The first kappa shape index (κ1) is 17.4. The number of fused-ring (bicyclic) bond motifs is 1. The molecule has 0 saturated carbocycles. The molecule has 0 radical (unpaired) electrons. The van der Waals surface area contributed by atoms with Crippen LogP contribution in [-0.2, 0) is 11.3 Å². The highest BCUT2D eigenvalue weighted by atomic mass is 79.9. The van der Waals surface area contributed by atoms with E-state index in [0.29, 0.717) is 18.3 Å². The molecule has 1 aromatic heterocycles. The normalized spacial score (nSPS) is 15.3. The Kier molecular flexibility index (Phi) is 5.18. The van der Waals surface area contributed by atoms with Gasteiger partial charge >= 0.3 is 0 Å². The smallest absolute Gasteiger partial charge is 0.197 e. The van der Waals surface area contributed by atoms with Crippen LogP contribution in [0.3, 0.4) is 0 Å². The molecule has 5 heteroatoms. The summed E-state index contributed by atoms with van der Waals surface area (Å²) in [4.78, 5) is 3.40. The maximum atomic E-state index is 14.2. The summed E-state index contributed by atoms with van der Waals surface area (Å²) in [5, 5.41) is 1.69.